The van der Waals surface area contributed by atoms with Crippen molar-refractivity contribution in [2.45, 2.75) is 20.3 Å². The highest BCUT2D eigenvalue weighted by Gasteiger charge is 2.09. The van der Waals surface area contributed by atoms with Gasteiger partial charge in [-0.05, 0) is 42.7 Å². The third kappa shape index (κ3) is 4.63. The summed E-state index contributed by atoms with van der Waals surface area (Å²) in [5.41, 5.74) is 3.69. The lowest BCUT2D eigenvalue weighted by Crippen LogP contribution is -2.22. The maximum atomic E-state index is 12.1. The summed E-state index contributed by atoms with van der Waals surface area (Å²) in [6.07, 6.45) is 0.978. The summed E-state index contributed by atoms with van der Waals surface area (Å²) >= 11 is 6.07. The minimum Gasteiger partial charge on any atom is -0.495 e. The van der Waals surface area contributed by atoms with Gasteiger partial charge in [-0.1, -0.05) is 30.7 Å². The maximum Gasteiger partial charge on any atom is 0.243 e. The van der Waals surface area contributed by atoms with Gasteiger partial charge in [-0.2, -0.15) is 0 Å². The van der Waals surface area contributed by atoms with Crippen molar-refractivity contribution in [2.24, 2.45) is 0 Å². The summed E-state index contributed by atoms with van der Waals surface area (Å²) in [5, 5.41) is 6.57. The Bertz CT molecular complexity index is 684. The SMILES string of the molecule is CCc1ccc(NC(=O)CNc2cc(C)c(Cl)cc2OC)cc1. The molecular formula is C18H21ClN2O2. The fourth-order valence-corrected chi connectivity index (χ4v) is 2.33. The molecule has 0 aliphatic carbocycles. The number of anilines is 2. The molecule has 122 valence electrons. The smallest absolute Gasteiger partial charge is 0.243 e. The first-order chi connectivity index (χ1) is 11.0. The first kappa shape index (κ1) is 17.2. The van der Waals surface area contributed by atoms with Crippen molar-refractivity contribution < 1.29 is 9.53 Å². The van der Waals surface area contributed by atoms with Crippen LogP contribution in [0.3, 0.4) is 0 Å². The summed E-state index contributed by atoms with van der Waals surface area (Å²) in [4.78, 5) is 12.1. The average Bonchev–Trinajstić information content (AvgIpc) is 2.56. The lowest BCUT2D eigenvalue weighted by atomic mass is 10.1. The van der Waals surface area contributed by atoms with Crippen LogP contribution in [0.15, 0.2) is 36.4 Å². The Morgan fingerprint density at radius 1 is 1.22 bits per heavy atom. The highest BCUT2D eigenvalue weighted by molar-refractivity contribution is 6.31. The van der Waals surface area contributed by atoms with E-state index in [4.69, 9.17) is 16.3 Å². The fourth-order valence-electron chi connectivity index (χ4n) is 2.17. The summed E-state index contributed by atoms with van der Waals surface area (Å²) in [6, 6.07) is 11.4. The van der Waals surface area contributed by atoms with E-state index in [9.17, 15) is 4.79 Å². The molecule has 0 saturated carbocycles. The number of benzene rings is 2. The van der Waals surface area contributed by atoms with Crippen LogP contribution in [0, 0.1) is 6.92 Å². The molecule has 0 atom stereocenters. The molecule has 0 saturated heterocycles. The van der Waals surface area contributed by atoms with Gasteiger partial charge in [0, 0.05) is 16.8 Å². The number of carbonyl (C=O) groups is 1. The van der Waals surface area contributed by atoms with Crippen molar-refractivity contribution in [3.8, 4) is 5.75 Å². The highest BCUT2D eigenvalue weighted by Crippen LogP contribution is 2.30. The molecule has 4 nitrogen and oxygen atoms in total. The van der Waals surface area contributed by atoms with Crippen molar-refractivity contribution >= 4 is 28.9 Å². The van der Waals surface area contributed by atoms with Crippen LogP contribution in [0.1, 0.15) is 18.1 Å². The first-order valence-electron chi connectivity index (χ1n) is 7.50. The lowest BCUT2D eigenvalue weighted by molar-refractivity contribution is -0.114. The molecule has 23 heavy (non-hydrogen) atoms. The van der Waals surface area contributed by atoms with E-state index >= 15 is 0 Å². The normalized spacial score (nSPS) is 10.3. The van der Waals surface area contributed by atoms with Gasteiger partial charge in [-0.3, -0.25) is 4.79 Å². The van der Waals surface area contributed by atoms with Crippen LogP contribution in [0.2, 0.25) is 5.02 Å². The molecule has 1 amide bonds. The van der Waals surface area contributed by atoms with Gasteiger partial charge in [0.15, 0.2) is 0 Å². The van der Waals surface area contributed by atoms with Gasteiger partial charge in [0.2, 0.25) is 5.91 Å². The summed E-state index contributed by atoms with van der Waals surface area (Å²) in [6.45, 7) is 4.15. The second-order valence-electron chi connectivity index (χ2n) is 5.25. The molecule has 0 bridgehead atoms. The molecule has 0 unspecified atom stereocenters. The molecular weight excluding hydrogens is 312 g/mol. The predicted octanol–water partition coefficient (Wildman–Crippen LogP) is 4.27. The number of hydrogen-bond acceptors (Lipinski definition) is 3. The van der Waals surface area contributed by atoms with Crippen molar-refractivity contribution in [2.75, 3.05) is 24.3 Å². The van der Waals surface area contributed by atoms with Crippen LogP contribution >= 0.6 is 11.6 Å². The molecule has 2 aromatic rings. The van der Waals surface area contributed by atoms with Crippen molar-refractivity contribution in [3.63, 3.8) is 0 Å². The number of nitrogens with one attached hydrogen (secondary N) is 2. The van der Waals surface area contributed by atoms with E-state index in [1.807, 2.05) is 37.3 Å². The largest absolute Gasteiger partial charge is 0.495 e. The number of carbonyl (C=O) groups excluding carboxylic acids is 1. The van der Waals surface area contributed by atoms with Crippen LogP contribution < -0.4 is 15.4 Å². The van der Waals surface area contributed by atoms with E-state index in [-0.39, 0.29) is 12.5 Å². The quantitative estimate of drug-likeness (QED) is 0.830. The van der Waals surface area contributed by atoms with Gasteiger partial charge in [0.1, 0.15) is 5.75 Å². The lowest BCUT2D eigenvalue weighted by Gasteiger charge is -2.13. The minimum absolute atomic E-state index is 0.121. The van der Waals surface area contributed by atoms with Gasteiger partial charge in [-0.15, -0.1) is 0 Å². The second-order valence-corrected chi connectivity index (χ2v) is 5.66. The third-order valence-corrected chi connectivity index (χ3v) is 3.97. The van der Waals surface area contributed by atoms with Gasteiger partial charge >= 0.3 is 0 Å². The Kier molecular flexibility index (Phi) is 5.88. The molecule has 0 fully saturated rings. The zero-order chi connectivity index (χ0) is 16.8. The Hall–Kier alpha value is -2.20. The van der Waals surface area contributed by atoms with E-state index < -0.39 is 0 Å². The second kappa shape index (κ2) is 7.88. The van der Waals surface area contributed by atoms with Crippen LogP contribution in [0.25, 0.3) is 0 Å². The number of amides is 1. The van der Waals surface area contributed by atoms with E-state index in [2.05, 4.69) is 17.6 Å². The number of methoxy groups -OCH3 is 1. The monoisotopic (exact) mass is 332 g/mol. The molecule has 2 aromatic carbocycles. The van der Waals surface area contributed by atoms with Gasteiger partial charge in [0.05, 0.1) is 19.3 Å². The first-order valence-corrected chi connectivity index (χ1v) is 7.88. The van der Waals surface area contributed by atoms with Crippen LogP contribution in [0.5, 0.6) is 5.75 Å². The Labute approximate surface area is 141 Å². The number of halogens is 1. The summed E-state index contributed by atoms with van der Waals surface area (Å²) in [7, 11) is 1.57. The molecule has 0 heterocycles. The Morgan fingerprint density at radius 3 is 2.52 bits per heavy atom. The van der Waals surface area contributed by atoms with Crippen molar-refractivity contribution in [1.82, 2.24) is 0 Å². The van der Waals surface area contributed by atoms with Gasteiger partial charge in [0.25, 0.3) is 0 Å². The Morgan fingerprint density at radius 2 is 1.91 bits per heavy atom. The molecule has 0 aliphatic heterocycles. The Balaban J connectivity index is 1.97. The van der Waals surface area contributed by atoms with Crippen LogP contribution in [0.4, 0.5) is 11.4 Å². The number of hydrogen-bond donors (Lipinski definition) is 2. The predicted molar refractivity (Wildman–Crippen MR) is 95.7 cm³/mol. The standard InChI is InChI=1S/C18H21ClN2O2/c1-4-13-5-7-14(8-6-13)21-18(22)11-20-16-9-12(2)15(19)10-17(16)23-3/h5-10,20H,4,11H2,1-3H3,(H,21,22). The van der Waals surface area contributed by atoms with E-state index in [1.54, 1.807) is 13.2 Å². The average molecular weight is 333 g/mol. The highest BCUT2D eigenvalue weighted by atomic mass is 35.5. The van der Waals surface area contributed by atoms with Crippen LogP contribution in [-0.2, 0) is 11.2 Å². The van der Waals surface area contributed by atoms with Crippen molar-refractivity contribution in [3.05, 3.63) is 52.5 Å². The van der Waals surface area contributed by atoms with E-state index in [1.165, 1.54) is 5.56 Å². The zero-order valence-electron chi connectivity index (χ0n) is 13.6. The molecule has 0 aromatic heterocycles. The third-order valence-electron chi connectivity index (χ3n) is 3.57. The fraction of sp³-hybridized carbons (Fsp3) is 0.278. The molecule has 0 radical (unpaired) electrons. The minimum atomic E-state index is -0.121. The number of rotatable bonds is 6. The molecule has 5 heteroatoms. The van der Waals surface area contributed by atoms with Gasteiger partial charge in [-0.25, -0.2) is 0 Å². The van der Waals surface area contributed by atoms with Crippen LogP contribution in [-0.4, -0.2) is 19.6 Å². The molecule has 0 aliphatic rings. The van der Waals surface area contributed by atoms with Gasteiger partial charge < -0.3 is 15.4 Å². The topological polar surface area (TPSA) is 50.4 Å². The van der Waals surface area contributed by atoms with E-state index in [0.29, 0.717) is 10.8 Å². The zero-order valence-corrected chi connectivity index (χ0v) is 14.3. The molecule has 2 rings (SSSR count). The van der Waals surface area contributed by atoms with E-state index in [0.717, 1.165) is 23.4 Å². The number of ether oxygens (including phenoxy) is 1. The molecule has 0 spiro atoms. The van der Waals surface area contributed by atoms with Crippen molar-refractivity contribution in [1.29, 1.82) is 0 Å². The number of aryl methyl sites for hydroxylation is 2. The summed E-state index contributed by atoms with van der Waals surface area (Å²) in [5.74, 6) is 0.490. The summed E-state index contributed by atoms with van der Waals surface area (Å²) < 4.78 is 5.28. The maximum absolute atomic E-state index is 12.1. The molecule has 2 N–H and O–H groups in total.